The average molecular weight is 227 g/mol. The maximum absolute atomic E-state index is 10.6. The van der Waals surface area contributed by atoms with Gasteiger partial charge >= 0.3 is 0 Å². The topological polar surface area (TPSA) is 72.5 Å². The van der Waals surface area contributed by atoms with E-state index < -0.39 is 0 Å². The van der Waals surface area contributed by atoms with Crippen LogP contribution in [0, 0.1) is 0 Å². The van der Waals surface area contributed by atoms with Crippen LogP contribution in [-0.4, -0.2) is 36.8 Å². The molecular formula is C12H21NO3. The second-order valence-electron chi connectivity index (χ2n) is 3.63. The van der Waals surface area contributed by atoms with Crippen LogP contribution in [0.25, 0.3) is 0 Å². The summed E-state index contributed by atoms with van der Waals surface area (Å²) in [4.78, 5) is 10.6. The van der Waals surface area contributed by atoms with Gasteiger partial charge in [0.2, 0.25) is 0 Å². The molecule has 1 atom stereocenters. The lowest BCUT2D eigenvalue weighted by molar-refractivity contribution is -0.121. The minimum absolute atomic E-state index is 0.0157. The fourth-order valence-electron chi connectivity index (χ4n) is 1.12. The van der Waals surface area contributed by atoms with Crippen LogP contribution >= 0.6 is 0 Å². The van der Waals surface area contributed by atoms with Crippen molar-refractivity contribution >= 4 is 5.78 Å². The van der Waals surface area contributed by atoms with Crippen LogP contribution in [0.2, 0.25) is 0 Å². The number of aliphatic hydroxyl groups is 1. The van der Waals surface area contributed by atoms with Gasteiger partial charge in [-0.3, -0.25) is 4.79 Å². The van der Waals surface area contributed by atoms with Crippen LogP contribution in [0.4, 0.5) is 0 Å². The number of hydrogen-bond donors (Lipinski definition) is 2. The monoisotopic (exact) mass is 227 g/mol. The zero-order valence-corrected chi connectivity index (χ0v) is 9.98. The lowest BCUT2D eigenvalue weighted by Crippen LogP contribution is -2.24. The van der Waals surface area contributed by atoms with Gasteiger partial charge in [-0.05, 0) is 20.3 Å². The zero-order chi connectivity index (χ0) is 12.4. The number of ether oxygens (including phenoxy) is 1. The van der Waals surface area contributed by atoms with E-state index in [1.54, 1.807) is 0 Å². The highest BCUT2D eigenvalue weighted by molar-refractivity contribution is 5.76. The third kappa shape index (κ3) is 8.35. The first kappa shape index (κ1) is 15.0. The Kier molecular flexibility index (Phi) is 8.71. The summed E-state index contributed by atoms with van der Waals surface area (Å²) >= 11 is 0. The molecule has 0 aliphatic heterocycles. The Morgan fingerprint density at radius 2 is 2.25 bits per heavy atom. The molecule has 0 fully saturated rings. The number of Topliss-reactive ketones (excluding diaryl/α,β-unsaturated/α-hetero) is 1. The van der Waals surface area contributed by atoms with Crippen LogP contribution in [0.15, 0.2) is 23.8 Å². The van der Waals surface area contributed by atoms with Gasteiger partial charge in [0.25, 0.3) is 0 Å². The predicted octanol–water partition coefficient (Wildman–Crippen LogP) is 0.804. The van der Waals surface area contributed by atoms with E-state index in [-0.39, 0.29) is 25.0 Å². The van der Waals surface area contributed by atoms with Gasteiger partial charge in [-0.15, -0.1) is 0 Å². The Morgan fingerprint density at radius 3 is 2.75 bits per heavy atom. The molecule has 0 aromatic carbocycles. The highest BCUT2D eigenvalue weighted by atomic mass is 16.5. The molecule has 92 valence electrons. The van der Waals surface area contributed by atoms with Crippen molar-refractivity contribution < 1.29 is 14.6 Å². The Balaban J connectivity index is 3.85. The summed E-state index contributed by atoms with van der Waals surface area (Å²) < 4.78 is 5.08. The first-order valence-electron chi connectivity index (χ1n) is 5.35. The van der Waals surface area contributed by atoms with Crippen LogP contribution in [0.1, 0.15) is 20.3 Å². The molecular weight excluding hydrogens is 206 g/mol. The van der Waals surface area contributed by atoms with Crippen molar-refractivity contribution in [1.29, 1.82) is 0 Å². The molecule has 0 aliphatic rings. The van der Waals surface area contributed by atoms with E-state index in [4.69, 9.17) is 15.6 Å². The van der Waals surface area contributed by atoms with E-state index in [1.807, 2.05) is 25.2 Å². The average Bonchev–Trinajstić information content (AvgIpc) is 2.26. The summed E-state index contributed by atoms with van der Waals surface area (Å²) in [5, 5.41) is 8.81. The van der Waals surface area contributed by atoms with Crippen molar-refractivity contribution in [2.45, 2.75) is 26.3 Å². The summed E-state index contributed by atoms with van der Waals surface area (Å²) in [6.45, 7) is 3.94. The summed E-state index contributed by atoms with van der Waals surface area (Å²) in [5.74, 6) is 0.0157. The van der Waals surface area contributed by atoms with Gasteiger partial charge in [-0.25, -0.2) is 0 Å². The molecule has 0 heterocycles. The van der Waals surface area contributed by atoms with Crippen molar-refractivity contribution in [2.24, 2.45) is 5.73 Å². The fraction of sp³-hybridized carbons (Fsp3) is 0.583. The van der Waals surface area contributed by atoms with Crippen molar-refractivity contribution in [3.05, 3.63) is 23.8 Å². The van der Waals surface area contributed by atoms with Crippen LogP contribution in [0.3, 0.4) is 0 Å². The van der Waals surface area contributed by atoms with E-state index in [1.165, 1.54) is 6.92 Å². The molecule has 3 N–H and O–H groups in total. The standard InChI is InChI=1S/C12H21NO3/c1-3-11(7-12(13)8-14)5-4-6-16-9-10(2)15/h3-5,12,14H,6-9,13H2,1-2H3/b5-4-,11-3+. The lowest BCUT2D eigenvalue weighted by Gasteiger charge is -2.08. The maximum Gasteiger partial charge on any atom is 0.155 e. The number of aliphatic hydroxyl groups excluding tert-OH is 1. The van der Waals surface area contributed by atoms with Crippen molar-refractivity contribution in [1.82, 2.24) is 0 Å². The Bertz CT molecular complexity index is 259. The number of carbonyl (C=O) groups is 1. The molecule has 0 saturated carbocycles. The van der Waals surface area contributed by atoms with Crippen LogP contribution in [-0.2, 0) is 9.53 Å². The highest BCUT2D eigenvalue weighted by Gasteiger charge is 2.01. The molecule has 0 rings (SSSR count). The van der Waals surface area contributed by atoms with Gasteiger partial charge in [0.05, 0.1) is 13.2 Å². The molecule has 4 nitrogen and oxygen atoms in total. The number of allylic oxidation sites excluding steroid dienone is 2. The highest BCUT2D eigenvalue weighted by Crippen LogP contribution is 2.05. The van der Waals surface area contributed by atoms with E-state index in [0.29, 0.717) is 13.0 Å². The van der Waals surface area contributed by atoms with Crippen LogP contribution < -0.4 is 5.73 Å². The van der Waals surface area contributed by atoms with Crippen molar-refractivity contribution in [3.8, 4) is 0 Å². The van der Waals surface area contributed by atoms with Crippen molar-refractivity contribution in [2.75, 3.05) is 19.8 Å². The molecule has 0 aromatic heterocycles. The van der Waals surface area contributed by atoms with Crippen LogP contribution in [0.5, 0.6) is 0 Å². The van der Waals surface area contributed by atoms with E-state index >= 15 is 0 Å². The molecule has 1 unspecified atom stereocenters. The second-order valence-corrected chi connectivity index (χ2v) is 3.63. The third-order valence-corrected chi connectivity index (χ3v) is 1.95. The van der Waals surface area contributed by atoms with Gasteiger partial charge in [-0.2, -0.15) is 0 Å². The maximum atomic E-state index is 10.6. The zero-order valence-electron chi connectivity index (χ0n) is 9.98. The normalized spacial score (nSPS) is 14.4. The minimum atomic E-state index is -0.228. The second kappa shape index (κ2) is 9.27. The summed E-state index contributed by atoms with van der Waals surface area (Å²) in [5.41, 5.74) is 6.67. The SMILES string of the molecule is C/C=C(\C=C/COCC(C)=O)CC(N)CO. The smallest absolute Gasteiger partial charge is 0.155 e. The van der Waals surface area contributed by atoms with Gasteiger partial charge in [0.1, 0.15) is 6.61 Å². The van der Waals surface area contributed by atoms with Gasteiger partial charge in [0.15, 0.2) is 5.78 Å². The quantitative estimate of drug-likeness (QED) is 0.475. The molecule has 4 heteroatoms. The fourth-order valence-corrected chi connectivity index (χ4v) is 1.12. The van der Waals surface area contributed by atoms with E-state index in [0.717, 1.165) is 5.57 Å². The summed E-state index contributed by atoms with van der Waals surface area (Å²) in [6.07, 6.45) is 6.31. The number of rotatable bonds is 8. The minimum Gasteiger partial charge on any atom is -0.395 e. The number of nitrogens with two attached hydrogens (primary N) is 1. The number of hydrogen-bond acceptors (Lipinski definition) is 4. The predicted molar refractivity (Wildman–Crippen MR) is 64.1 cm³/mol. The Hall–Kier alpha value is -0.970. The first-order valence-corrected chi connectivity index (χ1v) is 5.35. The molecule has 0 saturated heterocycles. The molecule has 0 radical (unpaired) electrons. The molecule has 0 aromatic rings. The van der Waals surface area contributed by atoms with E-state index in [2.05, 4.69) is 0 Å². The molecule has 0 aliphatic carbocycles. The van der Waals surface area contributed by atoms with Crippen molar-refractivity contribution in [3.63, 3.8) is 0 Å². The summed E-state index contributed by atoms with van der Waals surface area (Å²) in [7, 11) is 0. The summed E-state index contributed by atoms with van der Waals surface area (Å²) in [6, 6.07) is -0.228. The van der Waals surface area contributed by atoms with Gasteiger partial charge in [-0.1, -0.05) is 23.8 Å². The van der Waals surface area contributed by atoms with E-state index in [9.17, 15) is 4.79 Å². The number of ketones is 1. The largest absolute Gasteiger partial charge is 0.395 e. The molecule has 0 amide bonds. The molecule has 0 bridgehead atoms. The number of carbonyl (C=O) groups excluding carboxylic acids is 1. The molecule has 0 spiro atoms. The van der Waals surface area contributed by atoms with Gasteiger partial charge in [0, 0.05) is 6.04 Å². The third-order valence-electron chi connectivity index (χ3n) is 1.95. The lowest BCUT2D eigenvalue weighted by atomic mass is 10.1. The van der Waals surface area contributed by atoms with Gasteiger partial charge < -0.3 is 15.6 Å². The Morgan fingerprint density at radius 1 is 1.56 bits per heavy atom. The first-order chi connectivity index (χ1) is 7.60. The molecule has 16 heavy (non-hydrogen) atoms. The Labute approximate surface area is 96.8 Å².